The number of hydrogen-bond acceptors (Lipinski definition) is 4. The van der Waals surface area contributed by atoms with Crippen LogP contribution in [0.4, 0.5) is 10.1 Å². The second-order valence-corrected chi connectivity index (χ2v) is 5.76. The molecule has 2 aromatic carbocycles. The Hall–Kier alpha value is -3.09. The van der Waals surface area contributed by atoms with Crippen LogP contribution in [0.3, 0.4) is 0 Å². The molecule has 1 N–H and O–H groups in total. The lowest BCUT2D eigenvalue weighted by Crippen LogP contribution is -2.37. The molecule has 0 fully saturated rings. The number of benzene rings is 2. The van der Waals surface area contributed by atoms with Gasteiger partial charge in [-0.3, -0.25) is 9.59 Å². The molecular formula is C19H19FN2O4. The number of nitrogens with one attached hydrogen (secondary N) is 1. The molecule has 0 radical (unpaired) electrons. The Balaban J connectivity index is 1.64. The minimum absolute atomic E-state index is 0.165. The van der Waals surface area contributed by atoms with Crippen LogP contribution in [0.1, 0.15) is 17.3 Å². The Kier molecular flexibility index (Phi) is 5.36. The smallest absolute Gasteiger partial charge is 0.251 e. The number of carbonyl (C=O) groups is 2. The van der Waals surface area contributed by atoms with Crippen LogP contribution < -0.4 is 19.7 Å². The molecular weight excluding hydrogens is 339 g/mol. The van der Waals surface area contributed by atoms with Gasteiger partial charge < -0.3 is 19.7 Å². The first kappa shape index (κ1) is 17.7. The Morgan fingerprint density at radius 2 is 1.88 bits per heavy atom. The van der Waals surface area contributed by atoms with Crippen molar-refractivity contribution in [1.29, 1.82) is 0 Å². The summed E-state index contributed by atoms with van der Waals surface area (Å²) in [5, 5.41) is 2.69. The summed E-state index contributed by atoms with van der Waals surface area (Å²) < 4.78 is 24.2. The minimum Gasteiger partial charge on any atom is -0.486 e. The van der Waals surface area contributed by atoms with Crippen LogP contribution in [0.15, 0.2) is 42.5 Å². The molecule has 0 unspecified atom stereocenters. The van der Waals surface area contributed by atoms with E-state index in [2.05, 4.69) is 5.32 Å². The molecule has 7 heteroatoms. The van der Waals surface area contributed by atoms with Gasteiger partial charge in [0.1, 0.15) is 19.0 Å². The van der Waals surface area contributed by atoms with Gasteiger partial charge in [0.25, 0.3) is 5.91 Å². The van der Waals surface area contributed by atoms with E-state index in [1.807, 2.05) is 0 Å². The van der Waals surface area contributed by atoms with Gasteiger partial charge >= 0.3 is 0 Å². The summed E-state index contributed by atoms with van der Waals surface area (Å²) in [6.07, 6.45) is 0. The molecule has 1 heterocycles. The first-order valence-corrected chi connectivity index (χ1v) is 8.26. The monoisotopic (exact) mass is 358 g/mol. The van der Waals surface area contributed by atoms with Crippen molar-refractivity contribution in [3.63, 3.8) is 0 Å². The molecule has 1 aliphatic heterocycles. The zero-order valence-electron chi connectivity index (χ0n) is 14.3. The SMILES string of the molecule is CC(=O)N(CCNC(=O)c1cccc(F)c1)c1ccc2c(c1)OCCO2. The van der Waals surface area contributed by atoms with E-state index in [1.165, 1.54) is 36.1 Å². The van der Waals surface area contributed by atoms with Crippen LogP contribution in [-0.2, 0) is 4.79 Å². The second kappa shape index (κ2) is 7.86. The van der Waals surface area contributed by atoms with Crippen molar-refractivity contribution in [3.05, 3.63) is 53.8 Å². The highest BCUT2D eigenvalue weighted by atomic mass is 19.1. The molecule has 6 nitrogen and oxygen atoms in total. The number of nitrogens with zero attached hydrogens (tertiary/aromatic N) is 1. The van der Waals surface area contributed by atoms with Crippen LogP contribution in [0, 0.1) is 5.82 Å². The third-order valence-electron chi connectivity index (χ3n) is 3.93. The number of rotatable bonds is 5. The van der Waals surface area contributed by atoms with Crippen molar-refractivity contribution in [2.24, 2.45) is 0 Å². The van der Waals surface area contributed by atoms with Gasteiger partial charge in [-0.25, -0.2) is 4.39 Å². The second-order valence-electron chi connectivity index (χ2n) is 5.76. The maximum atomic E-state index is 13.2. The average molecular weight is 358 g/mol. The van der Waals surface area contributed by atoms with E-state index in [9.17, 15) is 14.0 Å². The van der Waals surface area contributed by atoms with Gasteiger partial charge in [0.2, 0.25) is 5.91 Å². The highest BCUT2D eigenvalue weighted by Gasteiger charge is 2.17. The summed E-state index contributed by atoms with van der Waals surface area (Å²) in [7, 11) is 0. The van der Waals surface area contributed by atoms with Gasteiger partial charge in [0.15, 0.2) is 11.5 Å². The van der Waals surface area contributed by atoms with Gasteiger partial charge in [-0.2, -0.15) is 0 Å². The normalized spacial score (nSPS) is 12.4. The standard InChI is InChI=1S/C19H19FN2O4/c1-13(23)22(16-5-6-17-18(12-16)26-10-9-25-17)8-7-21-19(24)14-3-2-4-15(20)11-14/h2-6,11-12H,7-10H2,1H3,(H,21,24). The lowest BCUT2D eigenvalue weighted by atomic mass is 10.2. The molecule has 26 heavy (non-hydrogen) atoms. The fourth-order valence-corrected chi connectivity index (χ4v) is 2.68. The number of halogens is 1. The number of carbonyl (C=O) groups excluding carboxylic acids is 2. The first-order chi connectivity index (χ1) is 12.5. The Morgan fingerprint density at radius 3 is 2.62 bits per heavy atom. The largest absolute Gasteiger partial charge is 0.486 e. The van der Waals surface area contributed by atoms with Crippen molar-refractivity contribution >= 4 is 17.5 Å². The zero-order chi connectivity index (χ0) is 18.5. The van der Waals surface area contributed by atoms with Gasteiger partial charge in [-0.1, -0.05) is 6.07 Å². The molecule has 2 aromatic rings. The summed E-state index contributed by atoms with van der Waals surface area (Å²) in [6.45, 7) is 2.90. The van der Waals surface area contributed by atoms with Gasteiger partial charge in [0, 0.05) is 37.3 Å². The van der Waals surface area contributed by atoms with E-state index in [4.69, 9.17) is 9.47 Å². The van der Waals surface area contributed by atoms with Crippen molar-refractivity contribution in [2.75, 3.05) is 31.2 Å². The molecule has 0 aliphatic carbocycles. The summed E-state index contributed by atoms with van der Waals surface area (Å²) in [6, 6.07) is 10.7. The molecule has 0 saturated carbocycles. The summed E-state index contributed by atoms with van der Waals surface area (Å²) in [5.41, 5.74) is 0.889. The average Bonchev–Trinajstić information content (AvgIpc) is 2.64. The van der Waals surface area contributed by atoms with Crippen LogP contribution in [-0.4, -0.2) is 38.1 Å². The number of fused-ring (bicyclic) bond motifs is 1. The lowest BCUT2D eigenvalue weighted by molar-refractivity contribution is -0.116. The highest BCUT2D eigenvalue weighted by Crippen LogP contribution is 2.33. The van der Waals surface area contributed by atoms with Crippen LogP contribution >= 0.6 is 0 Å². The van der Waals surface area contributed by atoms with Crippen molar-refractivity contribution in [1.82, 2.24) is 5.32 Å². The molecule has 2 amide bonds. The molecule has 0 bridgehead atoms. The topological polar surface area (TPSA) is 67.9 Å². The molecule has 0 spiro atoms. The predicted molar refractivity (Wildman–Crippen MR) is 94.2 cm³/mol. The third kappa shape index (κ3) is 4.11. The molecule has 3 rings (SSSR count). The number of ether oxygens (including phenoxy) is 2. The summed E-state index contributed by atoms with van der Waals surface area (Å²) in [5.74, 6) is 0.197. The van der Waals surface area contributed by atoms with E-state index in [0.717, 1.165) is 0 Å². The molecule has 1 aliphatic rings. The maximum Gasteiger partial charge on any atom is 0.251 e. The van der Waals surface area contributed by atoms with Crippen molar-refractivity contribution in [2.45, 2.75) is 6.92 Å². The molecule has 0 saturated heterocycles. The fourth-order valence-electron chi connectivity index (χ4n) is 2.68. The summed E-state index contributed by atoms with van der Waals surface area (Å²) >= 11 is 0. The zero-order valence-corrected chi connectivity index (χ0v) is 14.3. The Morgan fingerprint density at radius 1 is 1.12 bits per heavy atom. The van der Waals surface area contributed by atoms with Gasteiger partial charge in [-0.05, 0) is 30.3 Å². The molecule has 0 atom stereocenters. The number of anilines is 1. The van der Waals surface area contributed by atoms with Crippen LogP contribution in [0.2, 0.25) is 0 Å². The fraction of sp³-hybridized carbons (Fsp3) is 0.263. The van der Waals surface area contributed by atoms with E-state index in [0.29, 0.717) is 30.4 Å². The van der Waals surface area contributed by atoms with E-state index in [-0.39, 0.29) is 24.6 Å². The van der Waals surface area contributed by atoms with Gasteiger partial charge in [0.05, 0.1) is 0 Å². The minimum atomic E-state index is -0.473. The lowest BCUT2D eigenvalue weighted by Gasteiger charge is -2.24. The third-order valence-corrected chi connectivity index (χ3v) is 3.93. The van der Waals surface area contributed by atoms with Crippen LogP contribution in [0.5, 0.6) is 11.5 Å². The maximum absolute atomic E-state index is 13.2. The van der Waals surface area contributed by atoms with E-state index < -0.39 is 11.7 Å². The predicted octanol–water partition coefficient (Wildman–Crippen LogP) is 2.38. The van der Waals surface area contributed by atoms with E-state index >= 15 is 0 Å². The van der Waals surface area contributed by atoms with Crippen molar-refractivity contribution < 1.29 is 23.5 Å². The van der Waals surface area contributed by atoms with Crippen molar-refractivity contribution in [3.8, 4) is 11.5 Å². The number of amides is 2. The highest BCUT2D eigenvalue weighted by molar-refractivity contribution is 5.94. The summed E-state index contributed by atoms with van der Waals surface area (Å²) in [4.78, 5) is 25.6. The Bertz CT molecular complexity index is 825. The van der Waals surface area contributed by atoms with E-state index in [1.54, 1.807) is 18.2 Å². The van der Waals surface area contributed by atoms with Gasteiger partial charge in [-0.15, -0.1) is 0 Å². The Labute approximate surface area is 150 Å². The molecule has 136 valence electrons. The first-order valence-electron chi connectivity index (χ1n) is 8.26. The van der Waals surface area contributed by atoms with Crippen LogP contribution in [0.25, 0.3) is 0 Å². The number of hydrogen-bond donors (Lipinski definition) is 1. The quantitative estimate of drug-likeness (QED) is 0.891. The molecule has 0 aromatic heterocycles.